The number of aryl methyl sites for hydroxylation is 2. The minimum absolute atomic E-state index is 0.713. The van der Waals surface area contributed by atoms with Crippen molar-refractivity contribution in [3.63, 3.8) is 0 Å². The highest BCUT2D eigenvalue weighted by Crippen LogP contribution is 2.28. The molecule has 1 heterocycles. The summed E-state index contributed by atoms with van der Waals surface area (Å²) in [5.74, 6) is 0. The molecule has 0 radical (unpaired) electrons. The van der Waals surface area contributed by atoms with Gasteiger partial charge < -0.3 is 10.6 Å². The van der Waals surface area contributed by atoms with Gasteiger partial charge >= 0.3 is 0 Å². The summed E-state index contributed by atoms with van der Waals surface area (Å²) in [6.07, 6.45) is 0.846. The van der Waals surface area contributed by atoms with E-state index < -0.39 is 0 Å². The molecule has 1 aromatic heterocycles. The summed E-state index contributed by atoms with van der Waals surface area (Å²) >= 11 is 6.50. The second-order valence-corrected chi connectivity index (χ2v) is 5.33. The summed E-state index contributed by atoms with van der Waals surface area (Å²) in [5, 5.41) is 5.36. The Hall–Kier alpha value is -1.68. The summed E-state index contributed by atoms with van der Waals surface area (Å²) < 4.78 is 1.99. The van der Waals surface area contributed by atoms with Crippen LogP contribution in [0.5, 0.6) is 0 Å². The number of anilines is 2. The van der Waals surface area contributed by atoms with Gasteiger partial charge in [0.25, 0.3) is 0 Å². The SMILES string of the molecule is CCc1nn(CC)c(CN(CC)c2ccccc2N)c1Cl. The maximum atomic E-state index is 6.50. The second-order valence-electron chi connectivity index (χ2n) is 4.95. The largest absolute Gasteiger partial charge is 0.397 e. The number of hydrogen-bond acceptors (Lipinski definition) is 3. The van der Waals surface area contributed by atoms with Gasteiger partial charge in [-0.2, -0.15) is 5.10 Å². The van der Waals surface area contributed by atoms with Gasteiger partial charge in [-0.05, 0) is 32.4 Å². The smallest absolute Gasteiger partial charge is 0.0868 e. The molecular weight excluding hydrogens is 284 g/mol. The first kappa shape index (κ1) is 15.7. The molecule has 0 atom stereocenters. The fourth-order valence-electron chi connectivity index (χ4n) is 2.49. The van der Waals surface area contributed by atoms with Crippen LogP contribution in [0, 0.1) is 0 Å². The van der Waals surface area contributed by atoms with E-state index in [9.17, 15) is 0 Å². The highest BCUT2D eigenvalue weighted by Gasteiger charge is 2.17. The van der Waals surface area contributed by atoms with E-state index in [2.05, 4.69) is 30.8 Å². The molecule has 1 aromatic carbocycles. The number of halogens is 1. The van der Waals surface area contributed by atoms with Crippen molar-refractivity contribution in [2.45, 2.75) is 40.3 Å². The van der Waals surface area contributed by atoms with Crippen LogP contribution in [0.25, 0.3) is 0 Å². The molecular formula is C16H23ClN4. The van der Waals surface area contributed by atoms with Crippen molar-refractivity contribution in [2.24, 2.45) is 0 Å². The molecule has 2 aromatic rings. The molecule has 5 heteroatoms. The van der Waals surface area contributed by atoms with Crippen LogP contribution < -0.4 is 10.6 Å². The molecule has 0 aliphatic rings. The molecule has 2 rings (SSSR count). The molecule has 0 fully saturated rings. The highest BCUT2D eigenvalue weighted by atomic mass is 35.5. The molecule has 21 heavy (non-hydrogen) atoms. The normalized spacial score (nSPS) is 10.9. The topological polar surface area (TPSA) is 47.1 Å². The van der Waals surface area contributed by atoms with E-state index in [1.807, 2.05) is 28.9 Å². The predicted octanol–water partition coefficient (Wildman–Crippen LogP) is 3.73. The summed E-state index contributed by atoms with van der Waals surface area (Å²) in [4.78, 5) is 2.23. The molecule has 2 N–H and O–H groups in total. The Kier molecular flexibility index (Phi) is 5.12. The molecule has 0 bridgehead atoms. The van der Waals surface area contributed by atoms with Crippen LogP contribution in [0.3, 0.4) is 0 Å². The average molecular weight is 307 g/mol. The lowest BCUT2D eigenvalue weighted by atomic mass is 10.2. The fourth-order valence-corrected chi connectivity index (χ4v) is 2.82. The van der Waals surface area contributed by atoms with Crippen LogP contribution in [0.15, 0.2) is 24.3 Å². The number of nitrogens with two attached hydrogens (primary N) is 1. The second kappa shape index (κ2) is 6.85. The zero-order valence-electron chi connectivity index (χ0n) is 12.9. The number of nitrogens with zero attached hydrogens (tertiary/aromatic N) is 3. The summed E-state index contributed by atoms with van der Waals surface area (Å²) in [5.41, 5.74) is 9.94. The highest BCUT2D eigenvalue weighted by molar-refractivity contribution is 6.31. The van der Waals surface area contributed by atoms with Gasteiger partial charge in [-0.3, -0.25) is 4.68 Å². The Bertz CT molecular complexity index is 606. The number of benzene rings is 1. The van der Waals surface area contributed by atoms with Crippen molar-refractivity contribution >= 4 is 23.0 Å². The van der Waals surface area contributed by atoms with Gasteiger partial charge in [-0.15, -0.1) is 0 Å². The van der Waals surface area contributed by atoms with Crippen LogP contribution in [-0.4, -0.2) is 16.3 Å². The van der Waals surface area contributed by atoms with Crippen LogP contribution in [-0.2, 0) is 19.5 Å². The standard InChI is InChI=1S/C16H23ClN4/c1-4-13-16(17)15(21(6-3)19-13)11-20(5-2)14-10-8-7-9-12(14)18/h7-10H,4-6,11,18H2,1-3H3. The molecule has 0 aliphatic heterocycles. The molecule has 4 nitrogen and oxygen atoms in total. The van der Waals surface area contributed by atoms with Crippen LogP contribution >= 0.6 is 11.6 Å². The van der Waals surface area contributed by atoms with E-state index in [0.29, 0.717) is 6.54 Å². The monoisotopic (exact) mass is 306 g/mol. The first-order valence-corrected chi connectivity index (χ1v) is 7.83. The van der Waals surface area contributed by atoms with Crippen molar-refractivity contribution in [3.8, 4) is 0 Å². The Labute approximate surface area is 131 Å². The fraction of sp³-hybridized carbons (Fsp3) is 0.438. The molecule has 0 saturated heterocycles. The van der Waals surface area contributed by atoms with Crippen molar-refractivity contribution in [3.05, 3.63) is 40.7 Å². The molecule has 114 valence electrons. The predicted molar refractivity (Wildman–Crippen MR) is 89.9 cm³/mol. The van der Waals surface area contributed by atoms with Gasteiger partial charge in [0.15, 0.2) is 0 Å². The first-order valence-electron chi connectivity index (χ1n) is 7.45. The van der Waals surface area contributed by atoms with Gasteiger partial charge in [0.05, 0.1) is 34.3 Å². The third-order valence-electron chi connectivity index (χ3n) is 3.69. The number of aromatic nitrogens is 2. The summed E-state index contributed by atoms with van der Waals surface area (Å²) in [6, 6.07) is 7.92. The van der Waals surface area contributed by atoms with E-state index >= 15 is 0 Å². The van der Waals surface area contributed by atoms with Gasteiger partial charge in [0, 0.05) is 13.1 Å². The minimum atomic E-state index is 0.713. The Morgan fingerprint density at radius 3 is 2.52 bits per heavy atom. The molecule has 0 unspecified atom stereocenters. The first-order chi connectivity index (χ1) is 10.1. The van der Waals surface area contributed by atoms with Crippen molar-refractivity contribution in [2.75, 3.05) is 17.2 Å². The van der Waals surface area contributed by atoms with Crippen LogP contribution in [0.1, 0.15) is 32.2 Å². The lowest BCUT2D eigenvalue weighted by molar-refractivity contribution is 0.605. The lowest BCUT2D eigenvalue weighted by Crippen LogP contribution is -2.25. The third kappa shape index (κ3) is 3.16. The van der Waals surface area contributed by atoms with E-state index in [1.165, 1.54) is 0 Å². The Balaban J connectivity index is 2.35. The van der Waals surface area contributed by atoms with Gasteiger partial charge in [0.2, 0.25) is 0 Å². The number of para-hydroxylation sites is 2. The van der Waals surface area contributed by atoms with Gasteiger partial charge in [-0.1, -0.05) is 30.7 Å². The number of rotatable bonds is 6. The average Bonchev–Trinajstić information content (AvgIpc) is 2.81. The molecule has 0 spiro atoms. The maximum absolute atomic E-state index is 6.50. The van der Waals surface area contributed by atoms with E-state index in [0.717, 1.165) is 47.3 Å². The number of nitrogen functional groups attached to an aromatic ring is 1. The summed E-state index contributed by atoms with van der Waals surface area (Å²) in [7, 11) is 0. The Morgan fingerprint density at radius 2 is 1.95 bits per heavy atom. The Morgan fingerprint density at radius 1 is 1.24 bits per heavy atom. The van der Waals surface area contributed by atoms with E-state index in [-0.39, 0.29) is 0 Å². The lowest BCUT2D eigenvalue weighted by Gasteiger charge is -2.25. The molecule has 0 amide bonds. The molecule has 0 aliphatic carbocycles. The van der Waals surface area contributed by atoms with Crippen molar-refractivity contribution in [1.82, 2.24) is 9.78 Å². The van der Waals surface area contributed by atoms with Crippen molar-refractivity contribution in [1.29, 1.82) is 0 Å². The minimum Gasteiger partial charge on any atom is -0.397 e. The quantitative estimate of drug-likeness (QED) is 0.827. The van der Waals surface area contributed by atoms with Crippen molar-refractivity contribution < 1.29 is 0 Å². The zero-order chi connectivity index (χ0) is 15.4. The summed E-state index contributed by atoms with van der Waals surface area (Å²) in [6.45, 7) is 8.67. The number of hydrogen-bond donors (Lipinski definition) is 1. The van der Waals surface area contributed by atoms with Crippen LogP contribution in [0.2, 0.25) is 5.02 Å². The maximum Gasteiger partial charge on any atom is 0.0868 e. The van der Waals surface area contributed by atoms with E-state index in [4.69, 9.17) is 17.3 Å². The zero-order valence-corrected chi connectivity index (χ0v) is 13.7. The van der Waals surface area contributed by atoms with Gasteiger partial charge in [0.1, 0.15) is 0 Å². The van der Waals surface area contributed by atoms with Gasteiger partial charge in [-0.25, -0.2) is 0 Å². The van der Waals surface area contributed by atoms with E-state index in [1.54, 1.807) is 0 Å². The molecule has 0 saturated carbocycles. The third-order valence-corrected chi connectivity index (χ3v) is 4.13. The van der Waals surface area contributed by atoms with Crippen LogP contribution in [0.4, 0.5) is 11.4 Å².